The van der Waals surface area contributed by atoms with Gasteiger partial charge < -0.3 is 9.80 Å². The van der Waals surface area contributed by atoms with E-state index in [1.54, 1.807) is 35.0 Å². The summed E-state index contributed by atoms with van der Waals surface area (Å²) in [5.74, 6) is 0.594. The van der Waals surface area contributed by atoms with E-state index in [1.165, 1.54) is 6.07 Å². The molecule has 2 aromatic rings. The fourth-order valence-electron chi connectivity index (χ4n) is 1.88. The van der Waals surface area contributed by atoms with Crippen LogP contribution in [0.25, 0.3) is 0 Å². The van der Waals surface area contributed by atoms with Gasteiger partial charge in [0.05, 0.1) is 6.04 Å². The second-order valence-corrected chi connectivity index (χ2v) is 5.25. The van der Waals surface area contributed by atoms with Crippen molar-refractivity contribution in [2.75, 3.05) is 30.9 Å². The molecule has 0 bridgehead atoms. The molecule has 0 saturated carbocycles. The van der Waals surface area contributed by atoms with Crippen molar-refractivity contribution in [1.82, 2.24) is 15.0 Å². The van der Waals surface area contributed by atoms with Crippen LogP contribution in [0.3, 0.4) is 0 Å². The predicted molar refractivity (Wildman–Crippen MR) is 82.4 cm³/mol. The molecule has 21 heavy (non-hydrogen) atoms. The summed E-state index contributed by atoms with van der Waals surface area (Å²) in [7, 11) is 5.42. The molecule has 0 fully saturated rings. The number of benzene rings is 1. The SMILES string of the molecule is CC(c1ccccc1F)N(C)c1nc(Cl)nc(N(C)C)n1. The zero-order valence-electron chi connectivity index (χ0n) is 12.4. The summed E-state index contributed by atoms with van der Waals surface area (Å²) in [6.07, 6.45) is 0. The molecule has 0 saturated heterocycles. The molecule has 1 atom stereocenters. The van der Waals surface area contributed by atoms with E-state index in [0.717, 1.165) is 0 Å². The van der Waals surface area contributed by atoms with Gasteiger partial charge in [-0.1, -0.05) is 18.2 Å². The fourth-order valence-corrected chi connectivity index (χ4v) is 2.03. The first-order valence-electron chi connectivity index (χ1n) is 6.46. The van der Waals surface area contributed by atoms with Crippen LogP contribution >= 0.6 is 11.6 Å². The van der Waals surface area contributed by atoms with E-state index in [-0.39, 0.29) is 17.1 Å². The van der Waals surface area contributed by atoms with Crippen LogP contribution in [0, 0.1) is 5.82 Å². The molecule has 0 spiro atoms. The quantitative estimate of drug-likeness (QED) is 0.869. The maximum atomic E-state index is 13.9. The lowest BCUT2D eigenvalue weighted by Crippen LogP contribution is -2.26. The van der Waals surface area contributed by atoms with Crippen LogP contribution < -0.4 is 9.80 Å². The third-order valence-electron chi connectivity index (χ3n) is 3.24. The van der Waals surface area contributed by atoms with E-state index in [9.17, 15) is 4.39 Å². The van der Waals surface area contributed by atoms with E-state index < -0.39 is 0 Å². The molecule has 1 heterocycles. The molecule has 1 unspecified atom stereocenters. The molecule has 1 aromatic carbocycles. The van der Waals surface area contributed by atoms with Gasteiger partial charge in [0.25, 0.3) is 0 Å². The van der Waals surface area contributed by atoms with Crippen molar-refractivity contribution in [3.05, 3.63) is 40.9 Å². The summed E-state index contributed by atoms with van der Waals surface area (Å²) >= 11 is 5.93. The van der Waals surface area contributed by atoms with Crippen LogP contribution in [-0.4, -0.2) is 36.1 Å². The molecule has 0 N–H and O–H groups in total. The normalized spacial score (nSPS) is 12.1. The van der Waals surface area contributed by atoms with Crippen molar-refractivity contribution in [2.24, 2.45) is 0 Å². The molecule has 0 aliphatic heterocycles. The molecule has 0 amide bonds. The molecule has 0 aliphatic rings. The minimum absolute atomic E-state index is 0.108. The first-order valence-corrected chi connectivity index (χ1v) is 6.84. The highest BCUT2D eigenvalue weighted by Gasteiger charge is 2.19. The Morgan fingerprint density at radius 2 is 1.67 bits per heavy atom. The summed E-state index contributed by atoms with van der Waals surface area (Å²) in [5, 5.41) is 0.108. The first-order chi connectivity index (χ1) is 9.90. The molecule has 1 aromatic heterocycles. The standard InChI is InChI=1S/C14H17ClFN5/c1-9(10-7-5-6-8-11(10)16)21(4)14-18-12(15)17-13(19-14)20(2)3/h5-9H,1-4H3. The van der Waals surface area contributed by atoms with Gasteiger partial charge in [-0.05, 0) is 24.6 Å². The lowest BCUT2D eigenvalue weighted by Gasteiger charge is -2.26. The van der Waals surface area contributed by atoms with E-state index in [2.05, 4.69) is 15.0 Å². The van der Waals surface area contributed by atoms with Crippen LogP contribution in [0.2, 0.25) is 5.28 Å². The van der Waals surface area contributed by atoms with Gasteiger partial charge in [-0.3, -0.25) is 0 Å². The van der Waals surface area contributed by atoms with E-state index in [4.69, 9.17) is 11.6 Å². The third kappa shape index (κ3) is 3.39. The molecular formula is C14H17ClFN5. The minimum Gasteiger partial charge on any atom is -0.347 e. The Morgan fingerprint density at radius 1 is 1.05 bits per heavy atom. The van der Waals surface area contributed by atoms with Crippen LogP contribution in [-0.2, 0) is 0 Å². The van der Waals surface area contributed by atoms with Gasteiger partial charge in [0, 0.05) is 26.7 Å². The topological polar surface area (TPSA) is 45.2 Å². The first kappa shape index (κ1) is 15.4. The van der Waals surface area contributed by atoms with Crippen molar-refractivity contribution in [3.63, 3.8) is 0 Å². The fraction of sp³-hybridized carbons (Fsp3) is 0.357. The highest BCUT2D eigenvalue weighted by molar-refractivity contribution is 6.28. The second kappa shape index (κ2) is 6.22. The van der Waals surface area contributed by atoms with Crippen LogP contribution in [0.15, 0.2) is 24.3 Å². The zero-order valence-corrected chi connectivity index (χ0v) is 13.1. The van der Waals surface area contributed by atoms with Crippen molar-refractivity contribution in [2.45, 2.75) is 13.0 Å². The number of hydrogen-bond acceptors (Lipinski definition) is 5. The van der Waals surface area contributed by atoms with Crippen LogP contribution in [0.4, 0.5) is 16.3 Å². The predicted octanol–water partition coefficient (Wildman–Crippen LogP) is 2.93. The Balaban J connectivity index is 2.35. The Hall–Kier alpha value is -1.95. The van der Waals surface area contributed by atoms with E-state index >= 15 is 0 Å². The Bertz CT molecular complexity index is 635. The summed E-state index contributed by atoms with van der Waals surface area (Å²) < 4.78 is 13.9. The number of nitrogens with zero attached hydrogens (tertiary/aromatic N) is 5. The van der Waals surface area contributed by atoms with E-state index in [0.29, 0.717) is 17.5 Å². The number of hydrogen-bond donors (Lipinski definition) is 0. The largest absolute Gasteiger partial charge is 0.347 e. The summed E-state index contributed by atoms with van der Waals surface area (Å²) in [4.78, 5) is 16.0. The minimum atomic E-state index is -0.259. The highest BCUT2D eigenvalue weighted by atomic mass is 35.5. The summed E-state index contributed by atoms with van der Waals surface area (Å²) in [6, 6.07) is 6.40. The Morgan fingerprint density at radius 3 is 2.29 bits per heavy atom. The van der Waals surface area contributed by atoms with Crippen molar-refractivity contribution in [1.29, 1.82) is 0 Å². The monoisotopic (exact) mass is 309 g/mol. The van der Waals surface area contributed by atoms with Gasteiger partial charge in [-0.25, -0.2) is 4.39 Å². The number of anilines is 2. The molecule has 5 nitrogen and oxygen atoms in total. The molecule has 112 valence electrons. The Labute approximate surface area is 128 Å². The number of rotatable bonds is 4. The molecular weight excluding hydrogens is 293 g/mol. The van der Waals surface area contributed by atoms with Crippen molar-refractivity contribution in [3.8, 4) is 0 Å². The average molecular weight is 310 g/mol. The smallest absolute Gasteiger partial charge is 0.231 e. The van der Waals surface area contributed by atoms with E-state index in [1.807, 2.05) is 21.0 Å². The van der Waals surface area contributed by atoms with Gasteiger partial charge >= 0.3 is 0 Å². The maximum Gasteiger partial charge on any atom is 0.231 e. The van der Waals surface area contributed by atoms with Gasteiger partial charge in [0.15, 0.2) is 0 Å². The van der Waals surface area contributed by atoms with Gasteiger partial charge in [0.1, 0.15) is 5.82 Å². The third-order valence-corrected chi connectivity index (χ3v) is 3.41. The number of halogens is 2. The molecule has 2 rings (SSSR count). The van der Waals surface area contributed by atoms with Gasteiger partial charge in [-0.2, -0.15) is 15.0 Å². The van der Waals surface area contributed by atoms with Crippen LogP contribution in [0.5, 0.6) is 0 Å². The summed E-state index contributed by atoms with van der Waals surface area (Å²) in [5.41, 5.74) is 0.572. The highest BCUT2D eigenvalue weighted by Crippen LogP contribution is 2.25. The molecule has 7 heteroatoms. The number of aromatic nitrogens is 3. The van der Waals surface area contributed by atoms with Crippen molar-refractivity contribution >= 4 is 23.5 Å². The van der Waals surface area contributed by atoms with Gasteiger partial charge in [-0.15, -0.1) is 0 Å². The molecule has 0 aliphatic carbocycles. The summed E-state index contributed by atoms with van der Waals surface area (Å²) in [6.45, 7) is 1.88. The lowest BCUT2D eigenvalue weighted by atomic mass is 10.1. The lowest BCUT2D eigenvalue weighted by molar-refractivity contribution is 0.582. The maximum absolute atomic E-state index is 13.9. The molecule has 0 radical (unpaired) electrons. The Kier molecular flexibility index (Phi) is 4.57. The van der Waals surface area contributed by atoms with Crippen molar-refractivity contribution < 1.29 is 4.39 Å². The van der Waals surface area contributed by atoms with Crippen LogP contribution in [0.1, 0.15) is 18.5 Å². The zero-order chi connectivity index (χ0) is 15.6. The van der Waals surface area contributed by atoms with Gasteiger partial charge in [0.2, 0.25) is 17.2 Å². The average Bonchev–Trinajstić information content (AvgIpc) is 2.45. The second-order valence-electron chi connectivity index (χ2n) is 4.91.